The molecule has 1 fully saturated rings. The molecule has 0 bridgehead atoms. The van der Waals surface area contributed by atoms with E-state index in [1.165, 1.54) is 12.8 Å². The Bertz CT molecular complexity index is 312. The van der Waals surface area contributed by atoms with Crippen LogP contribution in [0.25, 0.3) is 0 Å². The van der Waals surface area contributed by atoms with Crippen LogP contribution in [0, 0.1) is 5.92 Å². The molecule has 2 atom stereocenters. The second-order valence-electron chi connectivity index (χ2n) is 4.18. The summed E-state index contributed by atoms with van der Waals surface area (Å²) in [6.07, 6.45) is 5.36. The summed E-state index contributed by atoms with van der Waals surface area (Å²) in [5.74, 6) is 1.66. The fourth-order valence-electron chi connectivity index (χ4n) is 2.03. The number of pyridine rings is 1. The molecule has 0 aromatic carbocycles. The second-order valence-corrected chi connectivity index (χ2v) is 5.10. The van der Waals surface area contributed by atoms with Crippen LogP contribution >= 0.6 is 15.9 Å². The molecule has 1 heterocycles. The van der Waals surface area contributed by atoms with Gasteiger partial charge in [0.05, 0.1) is 0 Å². The monoisotopic (exact) mass is 269 g/mol. The van der Waals surface area contributed by atoms with Gasteiger partial charge in [0, 0.05) is 23.3 Å². The van der Waals surface area contributed by atoms with E-state index in [0.717, 1.165) is 23.3 Å². The van der Waals surface area contributed by atoms with Gasteiger partial charge in [-0.05, 0) is 53.2 Å². The maximum atomic E-state index is 5.86. The summed E-state index contributed by atoms with van der Waals surface area (Å²) in [6, 6.07) is 4.39. The fourth-order valence-corrected chi connectivity index (χ4v) is 2.26. The molecule has 1 aromatic heterocycles. The van der Waals surface area contributed by atoms with Crippen molar-refractivity contribution in [1.82, 2.24) is 4.98 Å². The molecule has 0 amide bonds. The van der Waals surface area contributed by atoms with E-state index in [1.54, 1.807) is 0 Å². The molecule has 3 nitrogen and oxygen atoms in total. The maximum Gasteiger partial charge on any atom is 0.125 e. The van der Waals surface area contributed by atoms with Gasteiger partial charge in [0.15, 0.2) is 0 Å². The number of hydrogen-bond donors (Lipinski definition) is 2. The van der Waals surface area contributed by atoms with Gasteiger partial charge in [-0.15, -0.1) is 0 Å². The van der Waals surface area contributed by atoms with E-state index in [-0.39, 0.29) is 0 Å². The zero-order chi connectivity index (χ0) is 10.7. The lowest BCUT2D eigenvalue weighted by Gasteiger charge is -2.11. The van der Waals surface area contributed by atoms with Crippen molar-refractivity contribution in [2.75, 3.05) is 11.9 Å². The van der Waals surface area contributed by atoms with E-state index in [1.807, 2.05) is 18.3 Å². The van der Waals surface area contributed by atoms with Crippen molar-refractivity contribution in [1.29, 1.82) is 0 Å². The van der Waals surface area contributed by atoms with Gasteiger partial charge in [-0.3, -0.25) is 0 Å². The van der Waals surface area contributed by atoms with Crippen LogP contribution in [0.1, 0.15) is 19.3 Å². The highest BCUT2D eigenvalue weighted by Gasteiger charge is 2.21. The van der Waals surface area contributed by atoms with Crippen LogP contribution in [-0.2, 0) is 0 Å². The third-order valence-corrected chi connectivity index (χ3v) is 3.35. The quantitative estimate of drug-likeness (QED) is 0.886. The molecule has 15 heavy (non-hydrogen) atoms. The average Bonchev–Trinajstić information content (AvgIpc) is 2.64. The Morgan fingerprint density at radius 3 is 2.93 bits per heavy atom. The number of halogens is 1. The van der Waals surface area contributed by atoms with Crippen LogP contribution in [0.2, 0.25) is 0 Å². The molecule has 2 rings (SSSR count). The maximum absolute atomic E-state index is 5.86. The average molecular weight is 270 g/mol. The van der Waals surface area contributed by atoms with E-state index in [9.17, 15) is 0 Å². The molecule has 0 spiro atoms. The van der Waals surface area contributed by atoms with Gasteiger partial charge in [-0.2, -0.15) is 0 Å². The molecule has 1 aliphatic rings. The molecule has 1 aliphatic carbocycles. The number of anilines is 1. The largest absolute Gasteiger partial charge is 0.370 e. The first-order chi connectivity index (χ1) is 7.24. The van der Waals surface area contributed by atoms with Crippen molar-refractivity contribution in [3.63, 3.8) is 0 Å². The van der Waals surface area contributed by atoms with Crippen LogP contribution in [0.5, 0.6) is 0 Å². The van der Waals surface area contributed by atoms with E-state index in [0.29, 0.717) is 12.0 Å². The van der Waals surface area contributed by atoms with Crippen molar-refractivity contribution in [2.45, 2.75) is 25.3 Å². The number of rotatable bonds is 3. The van der Waals surface area contributed by atoms with Gasteiger partial charge in [0.25, 0.3) is 0 Å². The Morgan fingerprint density at radius 1 is 1.47 bits per heavy atom. The highest BCUT2D eigenvalue weighted by atomic mass is 79.9. The fraction of sp³-hybridized carbons (Fsp3) is 0.545. The molecule has 3 N–H and O–H groups in total. The van der Waals surface area contributed by atoms with Crippen molar-refractivity contribution in [3.05, 3.63) is 22.8 Å². The Labute approximate surface area is 98.6 Å². The minimum atomic E-state index is 0.412. The number of aromatic nitrogens is 1. The van der Waals surface area contributed by atoms with Crippen LogP contribution in [-0.4, -0.2) is 17.6 Å². The summed E-state index contributed by atoms with van der Waals surface area (Å²) in [5, 5.41) is 3.35. The molecular weight excluding hydrogens is 254 g/mol. The Kier molecular flexibility index (Phi) is 3.59. The third-order valence-electron chi connectivity index (χ3n) is 2.88. The minimum absolute atomic E-state index is 0.412. The van der Waals surface area contributed by atoms with E-state index < -0.39 is 0 Å². The summed E-state index contributed by atoms with van der Waals surface area (Å²) >= 11 is 3.36. The summed E-state index contributed by atoms with van der Waals surface area (Å²) in [5.41, 5.74) is 5.86. The number of nitrogens with zero attached hydrogens (tertiary/aromatic N) is 1. The molecule has 1 saturated carbocycles. The lowest BCUT2D eigenvalue weighted by Crippen LogP contribution is -2.17. The normalized spacial score (nSPS) is 25.5. The van der Waals surface area contributed by atoms with E-state index in [4.69, 9.17) is 5.73 Å². The summed E-state index contributed by atoms with van der Waals surface area (Å²) < 4.78 is 1.01. The first-order valence-electron chi connectivity index (χ1n) is 5.35. The summed E-state index contributed by atoms with van der Waals surface area (Å²) in [7, 11) is 0. The SMILES string of the molecule is NC1CCC(CNc2ccc(Br)cn2)C1. The van der Waals surface area contributed by atoms with Gasteiger partial charge in [-0.25, -0.2) is 4.98 Å². The molecule has 2 unspecified atom stereocenters. The Hall–Kier alpha value is -0.610. The standard InChI is InChI=1S/C11H16BrN3/c12-9-2-4-11(15-7-9)14-6-8-1-3-10(13)5-8/h2,4,7-8,10H,1,3,5-6,13H2,(H,14,15). The van der Waals surface area contributed by atoms with Gasteiger partial charge in [0.2, 0.25) is 0 Å². The van der Waals surface area contributed by atoms with Crippen molar-refractivity contribution in [3.8, 4) is 0 Å². The molecular formula is C11H16BrN3. The van der Waals surface area contributed by atoms with Crippen molar-refractivity contribution >= 4 is 21.7 Å². The molecule has 0 saturated heterocycles. The molecule has 1 aromatic rings. The van der Waals surface area contributed by atoms with Gasteiger partial charge in [-0.1, -0.05) is 0 Å². The van der Waals surface area contributed by atoms with Crippen LogP contribution < -0.4 is 11.1 Å². The van der Waals surface area contributed by atoms with Crippen molar-refractivity contribution < 1.29 is 0 Å². The Balaban J connectivity index is 1.80. The van der Waals surface area contributed by atoms with Crippen LogP contribution in [0.4, 0.5) is 5.82 Å². The molecule has 0 aliphatic heterocycles. The molecule has 4 heteroatoms. The lowest BCUT2D eigenvalue weighted by molar-refractivity contribution is 0.565. The minimum Gasteiger partial charge on any atom is -0.370 e. The molecule has 0 radical (unpaired) electrons. The zero-order valence-electron chi connectivity index (χ0n) is 8.62. The van der Waals surface area contributed by atoms with E-state index >= 15 is 0 Å². The zero-order valence-corrected chi connectivity index (χ0v) is 10.2. The smallest absolute Gasteiger partial charge is 0.125 e. The first kappa shape index (κ1) is 10.9. The summed E-state index contributed by atoms with van der Waals surface area (Å²) in [4.78, 5) is 4.27. The number of hydrogen-bond acceptors (Lipinski definition) is 3. The number of nitrogens with one attached hydrogen (secondary N) is 1. The topological polar surface area (TPSA) is 50.9 Å². The van der Waals surface area contributed by atoms with Gasteiger partial charge >= 0.3 is 0 Å². The highest BCUT2D eigenvalue weighted by molar-refractivity contribution is 9.10. The van der Waals surface area contributed by atoms with Gasteiger partial charge in [0.1, 0.15) is 5.82 Å². The summed E-state index contributed by atoms with van der Waals surface area (Å²) in [6.45, 7) is 0.988. The second kappa shape index (κ2) is 4.94. The van der Waals surface area contributed by atoms with Gasteiger partial charge < -0.3 is 11.1 Å². The Morgan fingerprint density at radius 2 is 2.33 bits per heavy atom. The highest BCUT2D eigenvalue weighted by Crippen LogP contribution is 2.24. The lowest BCUT2D eigenvalue weighted by atomic mass is 10.1. The number of nitrogens with two attached hydrogens (primary N) is 1. The first-order valence-corrected chi connectivity index (χ1v) is 6.14. The van der Waals surface area contributed by atoms with E-state index in [2.05, 4.69) is 26.2 Å². The van der Waals surface area contributed by atoms with Crippen molar-refractivity contribution in [2.24, 2.45) is 11.7 Å². The molecule has 82 valence electrons. The van der Waals surface area contributed by atoms with Crippen LogP contribution in [0.15, 0.2) is 22.8 Å². The predicted molar refractivity (Wildman–Crippen MR) is 65.7 cm³/mol. The van der Waals surface area contributed by atoms with Crippen LogP contribution in [0.3, 0.4) is 0 Å². The predicted octanol–water partition coefficient (Wildman–Crippen LogP) is 2.38. The third kappa shape index (κ3) is 3.18.